The van der Waals surface area contributed by atoms with Gasteiger partial charge in [-0.2, -0.15) is 0 Å². The number of carboxylic acids is 1. The number of imide groups is 1. The van der Waals surface area contributed by atoms with Gasteiger partial charge in [0.15, 0.2) is 17.6 Å². The van der Waals surface area contributed by atoms with Crippen molar-refractivity contribution in [3.8, 4) is 11.5 Å². The Labute approximate surface area is 200 Å². The van der Waals surface area contributed by atoms with Crippen LogP contribution in [0.15, 0.2) is 41.3 Å². The number of ether oxygens (including phenoxy) is 2. The predicted octanol–water partition coefficient (Wildman–Crippen LogP) is 3.84. The number of benzene rings is 2. The molecule has 10 heteroatoms. The van der Waals surface area contributed by atoms with Gasteiger partial charge in [0.1, 0.15) is 6.54 Å². The van der Waals surface area contributed by atoms with Gasteiger partial charge in [-0.25, -0.2) is 4.79 Å². The Kier molecular flexibility index (Phi) is 7.62. The van der Waals surface area contributed by atoms with E-state index in [9.17, 15) is 19.2 Å². The summed E-state index contributed by atoms with van der Waals surface area (Å²) in [5.74, 6) is -1.68. The van der Waals surface area contributed by atoms with Gasteiger partial charge in [0.25, 0.3) is 11.1 Å². The Morgan fingerprint density at radius 1 is 1.15 bits per heavy atom. The number of methoxy groups -OCH3 is 1. The summed E-state index contributed by atoms with van der Waals surface area (Å²) in [6, 6.07) is 10.3. The molecular weight excluding hydrogens is 460 g/mol. The average Bonchev–Trinajstić information content (AvgIpc) is 3.04. The van der Waals surface area contributed by atoms with Crippen molar-refractivity contribution in [3.63, 3.8) is 0 Å². The maximum absolute atomic E-state index is 12.8. The van der Waals surface area contributed by atoms with Gasteiger partial charge in [-0.3, -0.25) is 19.3 Å². The van der Waals surface area contributed by atoms with E-state index in [1.807, 2.05) is 32.0 Å². The number of anilines is 1. The highest BCUT2D eigenvalue weighted by Crippen LogP contribution is 2.35. The molecule has 9 nitrogen and oxygen atoms in total. The first-order chi connectivity index (χ1) is 16.1. The zero-order valence-corrected chi connectivity index (χ0v) is 19.9. The second kappa shape index (κ2) is 10.4. The summed E-state index contributed by atoms with van der Waals surface area (Å²) in [6.07, 6.45) is 0.423. The molecule has 1 heterocycles. The molecule has 0 saturated carbocycles. The molecule has 2 aromatic rings. The fourth-order valence-electron chi connectivity index (χ4n) is 3.23. The third-order valence-electron chi connectivity index (χ3n) is 5.06. The number of carbonyl (C=O) groups excluding carboxylic acids is 3. The normalized spacial score (nSPS) is 15.4. The molecule has 1 aliphatic heterocycles. The van der Waals surface area contributed by atoms with Crippen LogP contribution < -0.4 is 14.8 Å². The Balaban J connectivity index is 1.74. The molecule has 1 fully saturated rings. The molecule has 0 radical (unpaired) electrons. The molecule has 3 amide bonds. The van der Waals surface area contributed by atoms with Crippen LogP contribution in [-0.4, -0.2) is 52.8 Å². The molecule has 0 bridgehead atoms. The topological polar surface area (TPSA) is 122 Å². The number of hydrogen-bond acceptors (Lipinski definition) is 7. The van der Waals surface area contributed by atoms with Crippen molar-refractivity contribution in [2.45, 2.75) is 26.9 Å². The van der Waals surface area contributed by atoms with Crippen molar-refractivity contribution < 1.29 is 33.8 Å². The molecule has 2 aromatic carbocycles. The summed E-state index contributed by atoms with van der Waals surface area (Å²) in [7, 11) is 1.40. The van der Waals surface area contributed by atoms with Crippen molar-refractivity contribution in [3.05, 3.63) is 58.0 Å². The average molecular weight is 485 g/mol. The second-order valence-electron chi connectivity index (χ2n) is 7.59. The first-order valence-corrected chi connectivity index (χ1v) is 11.1. The number of carbonyl (C=O) groups is 4. The van der Waals surface area contributed by atoms with Crippen molar-refractivity contribution in [2.24, 2.45) is 0 Å². The Morgan fingerprint density at radius 2 is 1.82 bits per heavy atom. The molecule has 34 heavy (non-hydrogen) atoms. The highest BCUT2D eigenvalue weighted by molar-refractivity contribution is 8.18. The number of carboxylic acid groups (broad SMARTS) is 1. The lowest BCUT2D eigenvalue weighted by atomic mass is 10.1. The van der Waals surface area contributed by atoms with E-state index in [1.165, 1.54) is 26.2 Å². The first-order valence-electron chi connectivity index (χ1n) is 10.3. The van der Waals surface area contributed by atoms with Gasteiger partial charge in [-0.1, -0.05) is 24.3 Å². The summed E-state index contributed by atoms with van der Waals surface area (Å²) in [6.45, 7) is 4.71. The summed E-state index contributed by atoms with van der Waals surface area (Å²) < 4.78 is 10.6. The van der Waals surface area contributed by atoms with E-state index in [0.29, 0.717) is 11.3 Å². The zero-order chi connectivity index (χ0) is 25.0. The Bertz CT molecular complexity index is 1170. The second-order valence-corrected chi connectivity index (χ2v) is 8.58. The van der Waals surface area contributed by atoms with Gasteiger partial charge in [0, 0.05) is 5.69 Å². The number of amides is 3. The maximum atomic E-state index is 12.8. The summed E-state index contributed by atoms with van der Waals surface area (Å²) in [5, 5.41) is 11.2. The lowest BCUT2D eigenvalue weighted by Crippen LogP contribution is -2.36. The van der Waals surface area contributed by atoms with E-state index < -0.39 is 35.7 Å². The highest BCUT2D eigenvalue weighted by atomic mass is 32.2. The van der Waals surface area contributed by atoms with Gasteiger partial charge < -0.3 is 19.9 Å². The third kappa shape index (κ3) is 5.57. The fraction of sp³-hybridized carbons (Fsp3) is 0.250. The quantitative estimate of drug-likeness (QED) is 0.542. The lowest BCUT2D eigenvalue weighted by Gasteiger charge is -2.15. The zero-order valence-electron chi connectivity index (χ0n) is 19.1. The lowest BCUT2D eigenvalue weighted by molar-refractivity contribution is -0.144. The number of nitrogens with one attached hydrogen (secondary N) is 1. The predicted molar refractivity (Wildman–Crippen MR) is 128 cm³/mol. The molecule has 0 unspecified atom stereocenters. The van der Waals surface area contributed by atoms with E-state index in [0.717, 1.165) is 27.8 Å². The van der Waals surface area contributed by atoms with Crippen LogP contribution >= 0.6 is 11.8 Å². The summed E-state index contributed by atoms with van der Waals surface area (Å²) in [5.41, 5.74) is 2.95. The minimum atomic E-state index is -1.12. The van der Waals surface area contributed by atoms with Gasteiger partial charge in [-0.15, -0.1) is 0 Å². The standard InChI is InChI=1S/C24H24N2O7S/c1-13-6-5-7-14(2)21(13)25-20(27)12-26-22(28)19(34-24(26)31)11-16-8-9-17(18(10-16)32-4)33-15(3)23(29)30/h5-11,15H,12H2,1-4H3,(H,25,27)(H,29,30)/b19-11-/t15-/m1/s1. The summed E-state index contributed by atoms with van der Waals surface area (Å²) >= 11 is 0.732. The van der Waals surface area contributed by atoms with Gasteiger partial charge >= 0.3 is 5.97 Å². The van der Waals surface area contributed by atoms with Gasteiger partial charge in [0.2, 0.25) is 5.91 Å². The van der Waals surface area contributed by atoms with Crippen LogP contribution in [0.5, 0.6) is 11.5 Å². The Hall–Kier alpha value is -3.79. The number of aliphatic carboxylic acids is 1. The van der Waals surface area contributed by atoms with Gasteiger partial charge in [-0.05, 0) is 67.4 Å². The third-order valence-corrected chi connectivity index (χ3v) is 5.97. The molecule has 3 rings (SSSR count). The first kappa shape index (κ1) is 24.8. The van der Waals surface area contributed by atoms with E-state index in [-0.39, 0.29) is 16.4 Å². The van der Waals surface area contributed by atoms with Crippen molar-refractivity contribution in [2.75, 3.05) is 19.0 Å². The molecular formula is C24H24N2O7S. The molecule has 0 spiro atoms. The highest BCUT2D eigenvalue weighted by Gasteiger charge is 2.36. The van der Waals surface area contributed by atoms with E-state index in [1.54, 1.807) is 12.1 Å². The molecule has 1 saturated heterocycles. The van der Waals surface area contributed by atoms with Crippen molar-refractivity contribution >= 4 is 46.5 Å². The fourth-order valence-corrected chi connectivity index (χ4v) is 4.07. The number of nitrogens with zero attached hydrogens (tertiary/aromatic N) is 1. The molecule has 0 aromatic heterocycles. The van der Waals surface area contributed by atoms with Crippen LogP contribution in [0.4, 0.5) is 10.5 Å². The van der Waals surface area contributed by atoms with Crippen molar-refractivity contribution in [1.82, 2.24) is 4.90 Å². The Morgan fingerprint density at radius 3 is 2.44 bits per heavy atom. The van der Waals surface area contributed by atoms with Crippen LogP contribution in [0.2, 0.25) is 0 Å². The number of para-hydroxylation sites is 1. The van der Waals surface area contributed by atoms with Crippen LogP contribution in [-0.2, 0) is 14.4 Å². The van der Waals surface area contributed by atoms with Gasteiger partial charge in [0.05, 0.1) is 12.0 Å². The van der Waals surface area contributed by atoms with E-state index in [4.69, 9.17) is 14.6 Å². The van der Waals surface area contributed by atoms with Crippen LogP contribution in [0.1, 0.15) is 23.6 Å². The minimum absolute atomic E-state index is 0.152. The molecule has 0 aliphatic carbocycles. The number of thioether (sulfide) groups is 1. The number of rotatable bonds is 8. The minimum Gasteiger partial charge on any atom is -0.493 e. The van der Waals surface area contributed by atoms with Crippen LogP contribution in [0.3, 0.4) is 0 Å². The van der Waals surface area contributed by atoms with Crippen molar-refractivity contribution in [1.29, 1.82) is 0 Å². The molecule has 2 N–H and O–H groups in total. The largest absolute Gasteiger partial charge is 0.493 e. The van der Waals surface area contributed by atoms with Crippen LogP contribution in [0.25, 0.3) is 6.08 Å². The monoisotopic (exact) mass is 484 g/mol. The SMILES string of the molecule is COc1cc(/C=C2\SC(=O)N(CC(=O)Nc3c(C)cccc3C)C2=O)ccc1O[C@H](C)C(=O)O. The molecule has 1 aliphatic rings. The van der Waals surface area contributed by atoms with E-state index >= 15 is 0 Å². The smallest absolute Gasteiger partial charge is 0.344 e. The molecule has 178 valence electrons. The maximum Gasteiger partial charge on any atom is 0.344 e. The number of hydrogen-bond donors (Lipinski definition) is 2. The van der Waals surface area contributed by atoms with Crippen LogP contribution in [0, 0.1) is 13.8 Å². The molecule has 1 atom stereocenters. The number of aryl methyl sites for hydroxylation is 2. The van der Waals surface area contributed by atoms with E-state index in [2.05, 4.69) is 5.32 Å². The summed E-state index contributed by atoms with van der Waals surface area (Å²) in [4.78, 5) is 49.8.